The standard InChI is InChI=1S/C18H2N12/c19-1-3-25-13-14(26-4-2-20)16-18(30-12(8-24)10(6-22)28-16)17-15(13)27-9(5-21)11(7-23)29-17/h3-4H/b25-3+,26-4+. The van der Waals surface area contributed by atoms with Crippen molar-refractivity contribution in [2.75, 3.05) is 0 Å². The molecule has 0 fully saturated rings. The minimum absolute atomic E-state index is 0.0463. The summed E-state index contributed by atoms with van der Waals surface area (Å²) in [6.45, 7) is 0. The lowest BCUT2D eigenvalue weighted by Crippen LogP contribution is -2.02. The van der Waals surface area contributed by atoms with Gasteiger partial charge in [0.1, 0.15) is 82.3 Å². The van der Waals surface area contributed by atoms with Gasteiger partial charge in [-0.2, -0.15) is 31.6 Å². The van der Waals surface area contributed by atoms with Crippen LogP contribution in [0.3, 0.4) is 0 Å². The normalized spacial score (nSPS) is 10.2. The van der Waals surface area contributed by atoms with E-state index < -0.39 is 0 Å². The van der Waals surface area contributed by atoms with E-state index in [2.05, 4.69) is 29.9 Å². The van der Waals surface area contributed by atoms with Crippen molar-refractivity contribution in [1.29, 1.82) is 31.6 Å². The van der Waals surface area contributed by atoms with Crippen LogP contribution in [0.5, 0.6) is 0 Å². The molecule has 134 valence electrons. The number of hydrogen-bond acceptors (Lipinski definition) is 12. The number of rotatable bonds is 2. The van der Waals surface area contributed by atoms with Crippen molar-refractivity contribution in [3.05, 3.63) is 22.8 Å². The molecule has 0 radical (unpaired) electrons. The molecule has 0 saturated heterocycles. The van der Waals surface area contributed by atoms with Crippen molar-refractivity contribution in [3.63, 3.8) is 0 Å². The highest BCUT2D eigenvalue weighted by atomic mass is 14.9. The van der Waals surface area contributed by atoms with Crippen LogP contribution in [0.2, 0.25) is 0 Å². The third-order valence-electron chi connectivity index (χ3n) is 3.62. The summed E-state index contributed by atoms with van der Waals surface area (Å²) in [4.78, 5) is 24.3. The maximum absolute atomic E-state index is 9.28. The van der Waals surface area contributed by atoms with Gasteiger partial charge in [0.15, 0.2) is 22.8 Å². The van der Waals surface area contributed by atoms with Crippen LogP contribution in [0.1, 0.15) is 22.8 Å². The molecule has 30 heavy (non-hydrogen) atoms. The molecule has 2 heterocycles. The lowest BCUT2D eigenvalue weighted by molar-refractivity contribution is 1.17. The van der Waals surface area contributed by atoms with Crippen LogP contribution in [0.15, 0.2) is 9.98 Å². The second-order valence-corrected chi connectivity index (χ2v) is 5.16. The van der Waals surface area contributed by atoms with Crippen molar-refractivity contribution < 1.29 is 0 Å². The number of aromatic nitrogens is 4. The minimum atomic E-state index is -0.310. The molecule has 12 nitrogen and oxygen atoms in total. The van der Waals surface area contributed by atoms with Crippen molar-refractivity contribution >= 4 is 45.9 Å². The molecule has 0 atom stereocenters. The van der Waals surface area contributed by atoms with Gasteiger partial charge in [0, 0.05) is 0 Å². The number of hydrogen-bond donors (Lipinski definition) is 0. The maximum Gasteiger partial charge on any atom is 0.177 e. The summed E-state index contributed by atoms with van der Waals surface area (Å²) >= 11 is 0. The Bertz CT molecular complexity index is 1430. The van der Waals surface area contributed by atoms with Gasteiger partial charge in [0.2, 0.25) is 0 Å². The Balaban J connectivity index is 2.73. The highest BCUT2D eigenvalue weighted by molar-refractivity contribution is 6.14. The summed E-state index contributed by atoms with van der Waals surface area (Å²) in [5.41, 5.74) is -1.60. The Kier molecular flexibility index (Phi) is 4.94. The maximum atomic E-state index is 9.28. The van der Waals surface area contributed by atoms with Gasteiger partial charge in [-0.15, -0.1) is 0 Å². The van der Waals surface area contributed by atoms with Crippen molar-refractivity contribution in [2.24, 2.45) is 9.98 Å². The first-order valence-electron chi connectivity index (χ1n) is 7.67. The van der Waals surface area contributed by atoms with Crippen LogP contribution in [0.25, 0.3) is 22.1 Å². The van der Waals surface area contributed by atoms with Gasteiger partial charge >= 0.3 is 0 Å². The van der Waals surface area contributed by atoms with E-state index in [4.69, 9.17) is 10.5 Å². The molecule has 0 bridgehead atoms. The molecular formula is C18H2N12. The fourth-order valence-electron chi connectivity index (χ4n) is 2.50. The van der Waals surface area contributed by atoms with Crippen LogP contribution in [-0.4, -0.2) is 32.4 Å². The molecule has 0 amide bonds. The third kappa shape index (κ3) is 2.94. The van der Waals surface area contributed by atoms with Crippen LogP contribution in [-0.2, 0) is 0 Å². The van der Waals surface area contributed by atoms with Gasteiger partial charge < -0.3 is 0 Å². The molecule has 0 unspecified atom stereocenters. The van der Waals surface area contributed by atoms with E-state index >= 15 is 0 Å². The molecular weight excluding hydrogens is 384 g/mol. The molecule has 0 N–H and O–H groups in total. The summed E-state index contributed by atoms with van der Waals surface area (Å²) in [7, 11) is 0. The molecule has 3 aromatic rings. The summed E-state index contributed by atoms with van der Waals surface area (Å²) in [5.74, 6) is 0. The molecule has 3 rings (SSSR count). The predicted octanol–water partition coefficient (Wildman–Crippen LogP) is 1.51. The average Bonchev–Trinajstić information content (AvgIpc) is 2.79. The number of nitrogens with zero attached hydrogens (tertiary/aromatic N) is 12. The third-order valence-corrected chi connectivity index (χ3v) is 3.62. The lowest BCUT2D eigenvalue weighted by Gasteiger charge is -2.10. The van der Waals surface area contributed by atoms with E-state index in [-0.39, 0.29) is 56.2 Å². The first-order chi connectivity index (χ1) is 14.6. The van der Waals surface area contributed by atoms with Crippen LogP contribution in [0.4, 0.5) is 11.4 Å². The molecule has 0 aliphatic rings. The predicted molar refractivity (Wildman–Crippen MR) is 99.0 cm³/mol. The smallest absolute Gasteiger partial charge is 0.177 e. The van der Waals surface area contributed by atoms with E-state index in [9.17, 15) is 21.0 Å². The van der Waals surface area contributed by atoms with Gasteiger partial charge in [-0.25, -0.2) is 29.9 Å². The second-order valence-electron chi connectivity index (χ2n) is 5.16. The zero-order valence-corrected chi connectivity index (χ0v) is 14.5. The molecule has 0 saturated carbocycles. The summed E-state index contributed by atoms with van der Waals surface area (Å²) in [6.07, 6.45) is 1.72. The van der Waals surface area contributed by atoms with Gasteiger partial charge in [-0.1, -0.05) is 0 Å². The number of benzene rings is 1. The largest absolute Gasteiger partial charge is 0.241 e. The van der Waals surface area contributed by atoms with Crippen molar-refractivity contribution in [2.45, 2.75) is 0 Å². The monoisotopic (exact) mass is 386 g/mol. The van der Waals surface area contributed by atoms with E-state index in [1.165, 1.54) is 0 Å². The van der Waals surface area contributed by atoms with E-state index in [1.807, 2.05) is 0 Å². The molecule has 12 heteroatoms. The zero-order chi connectivity index (χ0) is 21.7. The first kappa shape index (κ1) is 19.0. The van der Waals surface area contributed by atoms with E-state index in [0.717, 1.165) is 12.4 Å². The van der Waals surface area contributed by atoms with Crippen molar-refractivity contribution in [1.82, 2.24) is 19.9 Å². The van der Waals surface area contributed by atoms with Gasteiger partial charge in [0.05, 0.1) is 0 Å². The van der Waals surface area contributed by atoms with Crippen LogP contribution >= 0.6 is 0 Å². The molecule has 0 spiro atoms. The Morgan fingerprint density at radius 2 is 0.800 bits per heavy atom. The Hall–Kier alpha value is -5.82. The minimum Gasteiger partial charge on any atom is -0.241 e. The van der Waals surface area contributed by atoms with Crippen LogP contribution < -0.4 is 0 Å². The fraction of sp³-hybridized carbons (Fsp3) is 0. The SMILES string of the molecule is N#C/C=N/c1c(/N=C/C#N)c2nc(C#N)c(C#N)nc2c2nc(C#N)c(C#N)nc12. The number of aliphatic imine (C=N–C) groups is 2. The fourth-order valence-corrected chi connectivity index (χ4v) is 2.50. The van der Waals surface area contributed by atoms with Crippen LogP contribution in [0, 0.1) is 68.0 Å². The Morgan fingerprint density at radius 1 is 0.500 bits per heavy atom. The van der Waals surface area contributed by atoms with Crippen molar-refractivity contribution in [3.8, 4) is 36.4 Å². The van der Waals surface area contributed by atoms with E-state index in [1.54, 1.807) is 36.4 Å². The van der Waals surface area contributed by atoms with Gasteiger partial charge in [-0.3, -0.25) is 0 Å². The molecule has 1 aromatic carbocycles. The average molecular weight is 386 g/mol. The molecule has 2 aromatic heterocycles. The number of fused-ring (bicyclic) bond motifs is 3. The molecule has 0 aliphatic carbocycles. The second kappa shape index (κ2) is 7.82. The summed E-state index contributed by atoms with van der Waals surface area (Å²) < 4.78 is 0. The zero-order valence-electron chi connectivity index (χ0n) is 14.5. The Labute approximate surface area is 167 Å². The topological polar surface area (TPSA) is 219 Å². The summed E-state index contributed by atoms with van der Waals surface area (Å²) in [6, 6.07) is 10.4. The first-order valence-corrected chi connectivity index (χ1v) is 7.67. The Morgan fingerprint density at radius 3 is 1.07 bits per heavy atom. The van der Waals surface area contributed by atoms with E-state index in [0.29, 0.717) is 0 Å². The molecule has 0 aliphatic heterocycles. The van der Waals surface area contributed by atoms with Gasteiger partial charge in [0.25, 0.3) is 0 Å². The summed E-state index contributed by atoms with van der Waals surface area (Å²) in [5, 5.41) is 54.9. The highest BCUT2D eigenvalue weighted by Gasteiger charge is 2.22. The lowest BCUT2D eigenvalue weighted by atomic mass is 10.1. The quantitative estimate of drug-likeness (QED) is 0.456. The highest BCUT2D eigenvalue weighted by Crippen LogP contribution is 2.41. The number of nitriles is 6. The van der Waals surface area contributed by atoms with Gasteiger partial charge in [-0.05, 0) is 0 Å².